The Morgan fingerprint density at radius 3 is 2.60 bits per heavy atom. The molecule has 0 aliphatic carbocycles. The third-order valence-corrected chi connectivity index (χ3v) is 2.44. The number of aryl methyl sites for hydroxylation is 1. The second-order valence-electron chi connectivity index (χ2n) is 4.08. The van der Waals surface area contributed by atoms with Crippen molar-refractivity contribution >= 4 is 17.6 Å². The highest BCUT2D eigenvalue weighted by Crippen LogP contribution is 2.08. The lowest BCUT2D eigenvalue weighted by molar-refractivity contribution is -0.119. The predicted octanol–water partition coefficient (Wildman–Crippen LogP) is 1.58. The first-order valence-electron chi connectivity index (χ1n) is 5.95. The van der Waals surface area contributed by atoms with Gasteiger partial charge in [0, 0.05) is 18.1 Å². The summed E-state index contributed by atoms with van der Waals surface area (Å²) in [5, 5.41) is 2.62. The van der Waals surface area contributed by atoms with Crippen molar-refractivity contribution in [3.8, 4) is 0 Å². The minimum atomic E-state index is -0.683. The Morgan fingerprint density at radius 1 is 1.20 bits per heavy atom. The van der Waals surface area contributed by atoms with Crippen molar-refractivity contribution in [2.24, 2.45) is 0 Å². The standard InChI is InChI=1S/C14H13N3O3/c1-10-2-4-11(5-3-10)17-13(18)9-20-14(19)12-8-15-6-7-16-12/h2-8H,9H2,1H3,(H,17,18). The highest BCUT2D eigenvalue weighted by Gasteiger charge is 2.11. The fourth-order valence-electron chi connectivity index (χ4n) is 1.44. The van der Waals surface area contributed by atoms with Crippen LogP contribution in [-0.4, -0.2) is 28.5 Å². The van der Waals surface area contributed by atoms with Gasteiger partial charge in [-0.05, 0) is 19.1 Å². The third kappa shape index (κ3) is 3.88. The van der Waals surface area contributed by atoms with Gasteiger partial charge in [-0.2, -0.15) is 0 Å². The average Bonchev–Trinajstić information content (AvgIpc) is 2.48. The van der Waals surface area contributed by atoms with Crippen LogP contribution in [0, 0.1) is 6.92 Å². The van der Waals surface area contributed by atoms with Crippen LogP contribution in [0.4, 0.5) is 5.69 Å². The fourth-order valence-corrected chi connectivity index (χ4v) is 1.44. The van der Waals surface area contributed by atoms with E-state index in [1.54, 1.807) is 12.1 Å². The largest absolute Gasteiger partial charge is 0.451 e. The molecule has 0 saturated heterocycles. The van der Waals surface area contributed by atoms with Gasteiger partial charge in [0.1, 0.15) is 0 Å². The lowest BCUT2D eigenvalue weighted by Gasteiger charge is -2.06. The van der Waals surface area contributed by atoms with E-state index in [9.17, 15) is 9.59 Å². The predicted molar refractivity (Wildman–Crippen MR) is 72.1 cm³/mol. The quantitative estimate of drug-likeness (QED) is 0.854. The van der Waals surface area contributed by atoms with Crippen molar-refractivity contribution in [2.45, 2.75) is 6.92 Å². The Morgan fingerprint density at radius 2 is 1.95 bits per heavy atom. The van der Waals surface area contributed by atoms with Crippen LogP contribution >= 0.6 is 0 Å². The van der Waals surface area contributed by atoms with Gasteiger partial charge in [0.2, 0.25) is 0 Å². The zero-order valence-corrected chi connectivity index (χ0v) is 10.9. The molecule has 0 aliphatic rings. The number of nitrogens with zero attached hydrogens (tertiary/aromatic N) is 2. The van der Waals surface area contributed by atoms with E-state index in [0.29, 0.717) is 5.69 Å². The summed E-state index contributed by atoms with van der Waals surface area (Å²) < 4.78 is 4.83. The second-order valence-corrected chi connectivity index (χ2v) is 4.08. The van der Waals surface area contributed by atoms with E-state index in [0.717, 1.165) is 5.56 Å². The molecule has 2 rings (SSSR count). The maximum Gasteiger partial charge on any atom is 0.359 e. The summed E-state index contributed by atoms with van der Waals surface area (Å²) in [6.07, 6.45) is 4.10. The van der Waals surface area contributed by atoms with Crippen LogP contribution in [0.2, 0.25) is 0 Å². The number of anilines is 1. The number of amides is 1. The van der Waals surface area contributed by atoms with Crippen LogP contribution in [-0.2, 0) is 9.53 Å². The summed E-state index contributed by atoms with van der Waals surface area (Å²) in [4.78, 5) is 30.7. The lowest BCUT2D eigenvalue weighted by Crippen LogP contribution is -2.21. The van der Waals surface area contributed by atoms with Crippen molar-refractivity contribution < 1.29 is 14.3 Å². The molecule has 0 atom stereocenters. The SMILES string of the molecule is Cc1ccc(NC(=O)COC(=O)c2cnccn2)cc1. The fraction of sp³-hybridized carbons (Fsp3) is 0.143. The summed E-state index contributed by atoms with van der Waals surface area (Å²) in [5.41, 5.74) is 1.81. The van der Waals surface area contributed by atoms with Gasteiger partial charge in [0.05, 0.1) is 6.20 Å². The average molecular weight is 271 g/mol. The molecule has 1 N–H and O–H groups in total. The summed E-state index contributed by atoms with van der Waals surface area (Å²) in [6.45, 7) is 1.58. The third-order valence-electron chi connectivity index (χ3n) is 2.44. The van der Waals surface area contributed by atoms with Crippen LogP contribution < -0.4 is 5.32 Å². The molecule has 102 valence electrons. The van der Waals surface area contributed by atoms with Crippen LogP contribution in [0.3, 0.4) is 0 Å². The number of carbonyl (C=O) groups is 2. The first-order chi connectivity index (χ1) is 9.65. The molecule has 1 aromatic carbocycles. The summed E-state index contributed by atoms with van der Waals surface area (Å²) in [7, 11) is 0. The van der Waals surface area contributed by atoms with Gasteiger partial charge in [-0.25, -0.2) is 9.78 Å². The number of hydrogen-bond acceptors (Lipinski definition) is 5. The van der Waals surface area contributed by atoms with Crippen molar-refractivity contribution in [2.75, 3.05) is 11.9 Å². The van der Waals surface area contributed by atoms with Gasteiger partial charge in [0.25, 0.3) is 5.91 Å². The van der Waals surface area contributed by atoms with Gasteiger partial charge in [-0.3, -0.25) is 9.78 Å². The van der Waals surface area contributed by atoms with Crippen LogP contribution in [0.5, 0.6) is 0 Å². The Hall–Kier alpha value is -2.76. The van der Waals surface area contributed by atoms with E-state index >= 15 is 0 Å². The smallest absolute Gasteiger partial charge is 0.359 e. The van der Waals surface area contributed by atoms with Gasteiger partial charge < -0.3 is 10.1 Å². The number of aromatic nitrogens is 2. The highest BCUT2D eigenvalue weighted by atomic mass is 16.5. The molecule has 0 fully saturated rings. The monoisotopic (exact) mass is 271 g/mol. The van der Waals surface area contributed by atoms with E-state index < -0.39 is 11.9 Å². The maximum atomic E-state index is 11.6. The highest BCUT2D eigenvalue weighted by molar-refractivity contribution is 5.94. The van der Waals surface area contributed by atoms with Crippen LogP contribution in [0.25, 0.3) is 0 Å². The first-order valence-corrected chi connectivity index (χ1v) is 5.95. The van der Waals surface area contributed by atoms with Crippen LogP contribution in [0.1, 0.15) is 16.1 Å². The summed E-state index contributed by atoms with van der Waals surface area (Å²) in [5.74, 6) is -1.09. The molecule has 1 amide bonds. The van der Waals surface area contributed by atoms with E-state index in [-0.39, 0.29) is 12.3 Å². The van der Waals surface area contributed by atoms with E-state index in [2.05, 4.69) is 15.3 Å². The molecule has 20 heavy (non-hydrogen) atoms. The number of esters is 1. The molecule has 2 aromatic rings. The molecular formula is C14H13N3O3. The molecular weight excluding hydrogens is 258 g/mol. The van der Waals surface area contributed by atoms with Gasteiger partial charge >= 0.3 is 5.97 Å². The van der Waals surface area contributed by atoms with Gasteiger partial charge in [-0.15, -0.1) is 0 Å². The zero-order valence-electron chi connectivity index (χ0n) is 10.9. The number of hydrogen-bond donors (Lipinski definition) is 1. The van der Waals surface area contributed by atoms with Crippen molar-refractivity contribution in [1.29, 1.82) is 0 Å². The van der Waals surface area contributed by atoms with E-state index in [4.69, 9.17) is 4.74 Å². The van der Waals surface area contributed by atoms with Gasteiger partial charge in [0.15, 0.2) is 12.3 Å². The maximum absolute atomic E-state index is 11.6. The first kappa shape index (κ1) is 13.7. The summed E-state index contributed by atoms with van der Waals surface area (Å²) in [6, 6.07) is 7.30. The topological polar surface area (TPSA) is 81.2 Å². The Balaban J connectivity index is 1.83. The summed E-state index contributed by atoms with van der Waals surface area (Å²) >= 11 is 0. The second kappa shape index (κ2) is 6.42. The molecule has 0 saturated carbocycles. The Labute approximate surface area is 115 Å². The number of rotatable bonds is 4. The normalized spacial score (nSPS) is 9.85. The zero-order chi connectivity index (χ0) is 14.4. The molecule has 0 aliphatic heterocycles. The van der Waals surface area contributed by atoms with Crippen molar-refractivity contribution in [3.05, 3.63) is 54.1 Å². The molecule has 0 radical (unpaired) electrons. The Kier molecular flexibility index (Phi) is 4.39. The molecule has 0 bridgehead atoms. The van der Waals surface area contributed by atoms with Crippen LogP contribution in [0.15, 0.2) is 42.9 Å². The van der Waals surface area contributed by atoms with E-state index in [1.165, 1.54) is 18.6 Å². The van der Waals surface area contributed by atoms with E-state index in [1.807, 2.05) is 19.1 Å². The van der Waals surface area contributed by atoms with Crippen molar-refractivity contribution in [1.82, 2.24) is 9.97 Å². The molecule has 0 spiro atoms. The number of ether oxygens (including phenoxy) is 1. The Bertz CT molecular complexity index is 597. The molecule has 6 heteroatoms. The van der Waals surface area contributed by atoms with Gasteiger partial charge in [-0.1, -0.05) is 17.7 Å². The van der Waals surface area contributed by atoms with Crippen molar-refractivity contribution in [3.63, 3.8) is 0 Å². The lowest BCUT2D eigenvalue weighted by atomic mass is 10.2. The molecule has 1 aromatic heterocycles. The number of nitrogens with one attached hydrogen (secondary N) is 1. The minimum absolute atomic E-state index is 0.0654. The molecule has 6 nitrogen and oxygen atoms in total. The molecule has 1 heterocycles. The number of carbonyl (C=O) groups excluding carboxylic acids is 2. The molecule has 0 unspecified atom stereocenters. The minimum Gasteiger partial charge on any atom is -0.451 e. The number of benzene rings is 1.